The highest BCUT2D eigenvalue weighted by Gasteiger charge is 2.22. The van der Waals surface area contributed by atoms with Crippen LogP contribution in [0.4, 0.5) is 5.82 Å². The molecule has 8 nitrogen and oxygen atoms in total. The molecule has 0 bridgehead atoms. The smallest absolute Gasteiger partial charge is 0.332 e. The van der Waals surface area contributed by atoms with Gasteiger partial charge in [-0.15, -0.1) is 0 Å². The first-order valence-corrected chi connectivity index (χ1v) is 9.93. The number of rotatable bonds is 7. The summed E-state index contributed by atoms with van der Waals surface area (Å²) >= 11 is 6.01. The van der Waals surface area contributed by atoms with Crippen LogP contribution in [0.25, 0.3) is 6.08 Å². The summed E-state index contributed by atoms with van der Waals surface area (Å²) in [6.07, 6.45) is 2.56. The Hall–Kier alpha value is -3.91. The zero-order valence-corrected chi connectivity index (χ0v) is 17.9. The molecule has 1 aromatic heterocycles. The van der Waals surface area contributed by atoms with E-state index in [4.69, 9.17) is 22.1 Å². The number of ketones is 1. The molecule has 2 aromatic carbocycles. The fourth-order valence-electron chi connectivity index (χ4n) is 2.99. The van der Waals surface area contributed by atoms with Gasteiger partial charge < -0.3 is 10.5 Å². The topological polar surface area (TPSA) is 113 Å². The summed E-state index contributed by atoms with van der Waals surface area (Å²) in [7, 11) is 1.25. The van der Waals surface area contributed by atoms with Crippen LogP contribution < -0.4 is 17.0 Å². The lowest BCUT2D eigenvalue weighted by Crippen LogP contribution is -2.43. The van der Waals surface area contributed by atoms with Crippen LogP contribution in [0.2, 0.25) is 5.02 Å². The molecule has 1 heterocycles. The molecule has 9 heteroatoms. The second-order valence-corrected chi connectivity index (χ2v) is 7.27. The third-order valence-corrected chi connectivity index (χ3v) is 5.04. The molecule has 3 aromatic rings. The van der Waals surface area contributed by atoms with Gasteiger partial charge in [-0.3, -0.25) is 18.7 Å². The molecular formula is C23H20ClN3O5. The Morgan fingerprint density at radius 1 is 1.06 bits per heavy atom. The number of carbonyl (C=O) groups excluding carboxylic acids is 2. The number of halogens is 1. The van der Waals surface area contributed by atoms with Gasteiger partial charge in [0.2, 0.25) is 5.78 Å². The number of anilines is 1. The molecule has 0 radical (unpaired) electrons. The maximum Gasteiger partial charge on any atom is 0.332 e. The lowest BCUT2D eigenvalue weighted by atomic mass is 10.2. The molecule has 0 aliphatic carbocycles. The number of benzene rings is 2. The first kappa shape index (κ1) is 22.8. The molecule has 2 N–H and O–H groups in total. The fraction of sp³-hybridized carbons (Fsp3) is 0.130. The van der Waals surface area contributed by atoms with Crippen LogP contribution in [0.15, 0.2) is 70.3 Å². The highest BCUT2D eigenvalue weighted by molar-refractivity contribution is 6.32. The fourth-order valence-corrected chi connectivity index (χ4v) is 3.19. The monoisotopic (exact) mass is 453 g/mol. The summed E-state index contributed by atoms with van der Waals surface area (Å²) in [6, 6.07) is 15.8. The summed E-state index contributed by atoms with van der Waals surface area (Å²) in [5.41, 5.74) is 5.45. The number of hydrogen-bond donors (Lipinski definition) is 1. The summed E-state index contributed by atoms with van der Waals surface area (Å²) < 4.78 is 6.87. The summed E-state index contributed by atoms with van der Waals surface area (Å²) in [5, 5.41) is 0.449. The number of Topliss-reactive ketones (excluding diaryl/α,β-unsaturated/α-hetero) is 1. The standard InChI is InChI=1S/C23H20ClN3O5/c1-26-22(30)20(21(25)27(23(26)31)13-15-7-3-2-4-8-15)18(28)14-32-19(29)12-11-16-9-5-6-10-17(16)24/h2-12H,13-14,25H2,1H3. The predicted molar refractivity (Wildman–Crippen MR) is 122 cm³/mol. The Labute approximate surface area is 188 Å². The lowest BCUT2D eigenvalue weighted by molar-refractivity contribution is -0.136. The van der Waals surface area contributed by atoms with Gasteiger partial charge in [-0.25, -0.2) is 9.59 Å². The van der Waals surface area contributed by atoms with E-state index in [1.165, 1.54) is 13.1 Å². The van der Waals surface area contributed by atoms with Gasteiger partial charge in [0.15, 0.2) is 6.61 Å². The van der Waals surface area contributed by atoms with E-state index < -0.39 is 35.2 Å². The summed E-state index contributed by atoms with van der Waals surface area (Å²) in [5.74, 6) is -1.90. The van der Waals surface area contributed by atoms with Gasteiger partial charge in [-0.1, -0.05) is 60.1 Å². The van der Waals surface area contributed by atoms with Crippen molar-refractivity contribution in [3.8, 4) is 0 Å². The normalized spacial score (nSPS) is 10.9. The van der Waals surface area contributed by atoms with E-state index >= 15 is 0 Å². The van der Waals surface area contributed by atoms with Crippen molar-refractivity contribution in [3.05, 3.63) is 103 Å². The Bertz CT molecular complexity index is 1310. The highest BCUT2D eigenvalue weighted by atomic mass is 35.5. The number of nitrogens with zero attached hydrogens (tertiary/aromatic N) is 2. The van der Waals surface area contributed by atoms with Crippen LogP contribution in [0.1, 0.15) is 21.5 Å². The van der Waals surface area contributed by atoms with Crippen molar-refractivity contribution in [1.29, 1.82) is 0 Å². The molecule has 164 valence electrons. The number of carbonyl (C=O) groups is 2. The van der Waals surface area contributed by atoms with Crippen molar-refractivity contribution < 1.29 is 14.3 Å². The molecule has 0 aliphatic heterocycles. The van der Waals surface area contributed by atoms with Gasteiger partial charge in [-0.2, -0.15) is 0 Å². The van der Waals surface area contributed by atoms with E-state index in [2.05, 4.69) is 0 Å². The molecule has 0 spiro atoms. The van der Waals surface area contributed by atoms with Gasteiger partial charge >= 0.3 is 11.7 Å². The predicted octanol–water partition coefficient (Wildman–Crippen LogP) is 2.27. The largest absolute Gasteiger partial charge is 0.454 e. The minimum Gasteiger partial charge on any atom is -0.454 e. The molecule has 0 atom stereocenters. The van der Waals surface area contributed by atoms with Crippen molar-refractivity contribution >= 4 is 35.2 Å². The van der Waals surface area contributed by atoms with E-state index in [1.54, 1.807) is 48.5 Å². The van der Waals surface area contributed by atoms with Crippen LogP contribution in [-0.4, -0.2) is 27.5 Å². The average Bonchev–Trinajstić information content (AvgIpc) is 2.79. The van der Waals surface area contributed by atoms with Crippen molar-refractivity contribution in [2.45, 2.75) is 6.54 Å². The third-order valence-electron chi connectivity index (χ3n) is 4.70. The van der Waals surface area contributed by atoms with Crippen LogP contribution in [-0.2, 0) is 23.1 Å². The number of esters is 1. The van der Waals surface area contributed by atoms with Crippen LogP contribution >= 0.6 is 11.6 Å². The van der Waals surface area contributed by atoms with Crippen molar-refractivity contribution in [3.63, 3.8) is 0 Å². The molecule has 0 aliphatic rings. The summed E-state index contributed by atoms with van der Waals surface area (Å²) in [4.78, 5) is 49.7. The number of hydrogen-bond acceptors (Lipinski definition) is 6. The Kier molecular flexibility index (Phi) is 7.07. The Morgan fingerprint density at radius 3 is 2.41 bits per heavy atom. The molecule has 0 saturated heterocycles. The molecule has 32 heavy (non-hydrogen) atoms. The minimum absolute atomic E-state index is 0.0697. The van der Waals surface area contributed by atoms with E-state index in [1.807, 2.05) is 6.07 Å². The van der Waals surface area contributed by atoms with Gasteiger partial charge in [0.1, 0.15) is 11.4 Å². The second kappa shape index (κ2) is 9.93. The van der Waals surface area contributed by atoms with Crippen LogP contribution in [0.3, 0.4) is 0 Å². The first-order chi connectivity index (χ1) is 15.3. The molecule has 0 fully saturated rings. The van der Waals surface area contributed by atoms with Gasteiger partial charge in [0.25, 0.3) is 5.56 Å². The van der Waals surface area contributed by atoms with Crippen molar-refractivity contribution in [1.82, 2.24) is 9.13 Å². The number of nitrogen functional groups attached to an aromatic ring is 1. The Morgan fingerprint density at radius 2 is 1.72 bits per heavy atom. The second-order valence-electron chi connectivity index (χ2n) is 6.86. The van der Waals surface area contributed by atoms with E-state index in [-0.39, 0.29) is 12.4 Å². The van der Waals surface area contributed by atoms with Gasteiger partial charge in [-0.05, 0) is 23.3 Å². The van der Waals surface area contributed by atoms with E-state index in [9.17, 15) is 19.2 Å². The molecule has 0 amide bonds. The summed E-state index contributed by atoms with van der Waals surface area (Å²) in [6.45, 7) is -0.644. The van der Waals surface area contributed by atoms with E-state index in [0.717, 1.165) is 20.8 Å². The highest BCUT2D eigenvalue weighted by Crippen LogP contribution is 2.16. The maximum absolute atomic E-state index is 12.7. The number of nitrogens with two attached hydrogens (primary N) is 1. The quantitative estimate of drug-likeness (QED) is 0.333. The van der Waals surface area contributed by atoms with Crippen molar-refractivity contribution in [2.75, 3.05) is 12.3 Å². The zero-order valence-electron chi connectivity index (χ0n) is 17.2. The molecular weight excluding hydrogens is 434 g/mol. The minimum atomic E-state index is -0.857. The third kappa shape index (κ3) is 5.04. The van der Waals surface area contributed by atoms with Gasteiger partial charge in [0, 0.05) is 18.1 Å². The van der Waals surface area contributed by atoms with Crippen LogP contribution in [0.5, 0.6) is 0 Å². The number of ether oxygens (including phenoxy) is 1. The molecule has 0 unspecified atom stereocenters. The SMILES string of the molecule is Cn1c(=O)c(C(=O)COC(=O)C=Cc2ccccc2Cl)c(N)n(Cc2ccccc2)c1=O. The molecule has 0 saturated carbocycles. The lowest BCUT2D eigenvalue weighted by Gasteiger charge is -2.14. The average molecular weight is 454 g/mol. The first-order valence-electron chi connectivity index (χ1n) is 9.55. The van der Waals surface area contributed by atoms with Crippen molar-refractivity contribution in [2.24, 2.45) is 7.05 Å². The molecule has 3 rings (SSSR count). The maximum atomic E-state index is 12.7. The van der Waals surface area contributed by atoms with E-state index in [0.29, 0.717) is 10.6 Å². The van der Waals surface area contributed by atoms with Crippen LogP contribution in [0, 0.1) is 0 Å². The number of aromatic nitrogens is 2. The van der Waals surface area contributed by atoms with Gasteiger partial charge in [0.05, 0.1) is 6.54 Å². The Balaban J connectivity index is 1.80. The zero-order chi connectivity index (χ0) is 23.3.